The molecular weight excluding hydrogens is 435 g/mol. The van der Waals surface area contributed by atoms with Crippen molar-refractivity contribution >= 4 is 30.5 Å². The average molecular weight is 463 g/mol. The lowest BCUT2D eigenvalue weighted by Crippen LogP contribution is -2.45. The molecule has 0 aliphatic carbocycles. The van der Waals surface area contributed by atoms with Crippen molar-refractivity contribution in [1.82, 2.24) is 24.4 Å². The minimum atomic E-state index is 0. The molecule has 1 fully saturated rings. The number of piperidine rings is 1. The van der Waals surface area contributed by atoms with Crippen molar-refractivity contribution in [2.45, 2.75) is 32.4 Å². The number of imidazole rings is 1. The molecule has 2 aliphatic heterocycles. The number of pyridine rings is 2. The van der Waals surface area contributed by atoms with Crippen molar-refractivity contribution in [3.8, 4) is 11.4 Å². The molecule has 5 heterocycles. The van der Waals surface area contributed by atoms with Crippen LogP contribution in [0.3, 0.4) is 0 Å². The number of nitrogens with one attached hydrogen (secondary N) is 2. The van der Waals surface area contributed by atoms with Crippen LogP contribution in [0.4, 0.5) is 5.69 Å². The van der Waals surface area contributed by atoms with Crippen LogP contribution in [-0.4, -0.2) is 38.7 Å². The monoisotopic (exact) mass is 462 g/mol. The van der Waals surface area contributed by atoms with Crippen molar-refractivity contribution in [2.24, 2.45) is 5.92 Å². The highest BCUT2D eigenvalue weighted by atomic mass is 35.5. The largest absolute Gasteiger partial charge is 0.383 e. The Morgan fingerprint density at radius 1 is 1.19 bits per heavy atom. The number of halogens is 2. The van der Waals surface area contributed by atoms with Crippen LogP contribution in [0.2, 0.25) is 0 Å². The van der Waals surface area contributed by atoms with E-state index in [9.17, 15) is 4.79 Å². The van der Waals surface area contributed by atoms with Crippen molar-refractivity contribution in [1.29, 1.82) is 0 Å². The number of nitrogens with zero attached hydrogens (tertiary/aromatic N) is 4. The maximum atomic E-state index is 13.3. The zero-order valence-corrected chi connectivity index (χ0v) is 19.1. The maximum absolute atomic E-state index is 13.3. The van der Waals surface area contributed by atoms with Gasteiger partial charge in [0, 0.05) is 68.3 Å². The topological polar surface area (TPSA) is 76.8 Å². The smallest absolute Gasteiger partial charge is 0.261 e. The van der Waals surface area contributed by atoms with Crippen LogP contribution >= 0.6 is 24.8 Å². The Kier molecular flexibility index (Phi) is 7.41. The van der Waals surface area contributed by atoms with Crippen LogP contribution in [-0.2, 0) is 13.1 Å². The third-order valence-electron chi connectivity index (χ3n) is 6.15. The minimum Gasteiger partial charge on any atom is -0.383 e. The molecule has 31 heavy (non-hydrogen) atoms. The molecule has 166 valence electrons. The highest BCUT2D eigenvalue weighted by Gasteiger charge is 2.31. The second-order valence-electron chi connectivity index (χ2n) is 8.11. The van der Waals surface area contributed by atoms with Gasteiger partial charge in [0.05, 0.1) is 5.56 Å². The van der Waals surface area contributed by atoms with Crippen LogP contribution < -0.4 is 16.2 Å². The highest BCUT2D eigenvalue weighted by Crippen LogP contribution is 2.32. The summed E-state index contributed by atoms with van der Waals surface area (Å²) in [5, 5.41) is 6.94. The van der Waals surface area contributed by atoms with E-state index in [4.69, 9.17) is 0 Å². The number of hydrogen-bond acceptors (Lipinski definition) is 5. The van der Waals surface area contributed by atoms with Crippen molar-refractivity contribution in [2.75, 3.05) is 25.0 Å². The summed E-state index contributed by atoms with van der Waals surface area (Å²) >= 11 is 0. The molecule has 5 rings (SSSR count). The first-order chi connectivity index (χ1) is 14.2. The molecule has 3 aromatic rings. The summed E-state index contributed by atoms with van der Waals surface area (Å²) in [4.78, 5) is 21.9. The lowest BCUT2D eigenvalue weighted by atomic mass is 9.84. The Labute approximate surface area is 194 Å². The number of aromatic nitrogens is 4. The van der Waals surface area contributed by atoms with Gasteiger partial charge in [0.2, 0.25) is 0 Å². The van der Waals surface area contributed by atoms with E-state index in [0.29, 0.717) is 17.4 Å². The van der Waals surface area contributed by atoms with E-state index in [1.807, 2.05) is 36.0 Å². The summed E-state index contributed by atoms with van der Waals surface area (Å²) in [6.45, 7) is 6.28. The fourth-order valence-electron chi connectivity index (χ4n) is 4.68. The molecule has 0 spiro atoms. The summed E-state index contributed by atoms with van der Waals surface area (Å²) in [5.41, 5.74) is 4.13. The van der Waals surface area contributed by atoms with E-state index in [2.05, 4.69) is 31.2 Å². The van der Waals surface area contributed by atoms with E-state index < -0.39 is 0 Å². The number of aryl methyl sites for hydroxylation is 1. The fraction of sp³-hybridized carbons (Fsp3) is 0.409. The Bertz CT molecular complexity index is 1100. The molecule has 0 radical (unpaired) electrons. The Balaban J connectivity index is 0.00000136. The minimum absolute atomic E-state index is 0. The molecule has 7 nitrogen and oxygen atoms in total. The summed E-state index contributed by atoms with van der Waals surface area (Å²) in [6.07, 6.45) is 8.54. The van der Waals surface area contributed by atoms with E-state index >= 15 is 0 Å². The van der Waals surface area contributed by atoms with Gasteiger partial charge >= 0.3 is 0 Å². The molecule has 2 bridgehead atoms. The quantitative estimate of drug-likeness (QED) is 0.608. The van der Waals surface area contributed by atoms with Gasteiger partial charge in [-0.1, -0.05) is 0 Å². The van der Waals surface area contributed by atoms with E-state index in [-0.39, 0.29) is 30.4 Å². The number of fused-ring (bicyclic) bond motifs is 4. The molecule has 2 aliphatic rings. The first kappa shape index (κ1) is 23.3. The van der Waals surface area contributed by atoms with Gasteiger partial charge in [0.15, 0.2) is 0 Å². The lowest BCUT2D eigenvalue weighted by Gasteiger charge is -2.37. The van der Waals surface area contributed by atoms with E-state index in [0.717, 1.165) is 55.5 Å². The van der Waals surface area contributed by atoms with Gasteiger partial charge in [-0.3, -0.25) is 9.78 Å². The molecule has 9 heteroatoms. The van der Waals surface area contributed by atoms with Gasteiger partial charge in [-0.25, -0.2) is 4.98 Å². The van der Waals surface area contributed by atoms with Crippen molar-refractivity contribution < 1.29 is 0 Å². The number of anilines is 1. The average Bonchev–Trinajstić information content (AvgIpc) is 3.19. The highest BCUT2D eigenvalue weighted by molar-refractivity contribution is 5.85. The van der Waals surface area contributed by atoms with Crippen LogP contribution in [0.15, 0.2) is 47.8 Å². The Morgan fingerprint density at radius 3 is 2.90 bits per heavy atom. The molecule has 0 unspecified atom stereocenters. The molecule has 0 amide bonds. The van der Waals surface area contributed by atoms with Gasteiger partial charge < -0.3 is 19.8 Å². The Hall–Kier alpha value is -2.35. The predicted octanol–water partition coefficient (Wildman–Crippen LogP) is 3.08. The summed E-state index contributed by atoms with van der Waals surface area (Å²) in [6, 6.07) is 6.07. The summed E-state index contributed by atoms with van der Waals surface area (Å²) in [7, 11) is 0. The van der Waals surface area contributed by atoms with Crippen molar-refractivity contribution in [3.05, 3.63) is 64.6 Å². The number of hydrogen-bond donors (Lipinski definition) is 2. The van der Waals surface area contributed by atoms with E-state index in [1.165, 1.54) is 6.42 Å². The summed E-state index contributed by atoms with van der Waals surface area (Å²) < 4.78 is 4.05. The third kappa shape index (κ3) is 4.49. The molecule has 0 aromatic carbocycles. The molecular formula is C22H28Cl2N6O. The molecule has 2 N–H and O–H groups in total. The van der Waals surface area contributed by atoms with E-state index in [1.54, 1.807) is 12.4 Å². The molecule has 2 atom stereocenters. The number of rotatable bonds is 5. The fourth-order valence-corrected chi connectivity index (χ4v) is 4.68. The van der Waals surface area contributed by atoms with Crippen LogP contribution in [0.25, 0.3) is 11.4 Å². The lowest BCUT2D eigenvalue weighted by molar-refractivity contribution is 0.257. The van der Waals surface area contributed by atoms with Gasteiger partial charge in [-0.05, 0) is 49.6 Å². The van der Waals surface area contributed by atoms with Gasteiger partial charge in [0.25, 0.3) is 5.56 Å². The second kappa shape index (κ2) is 9.85. The van der Waals surface area contributed by atoms with Gasteiger partial charge in [0.1, 0.15) is 5.82 Å². The zero-order chi connectivity index (χ0) is 19.8. The molecule has 1 saturated heterocycles. The first-order valence-corrected chi connectivity index (χ1v) is 10.3. The molecule has 3 aromatic heterocycles. The predicted molar refractivity (Wildman–Crippen MR) is 128 cm³/mol. The summed E-state index contributed by atoms with van der Waals surface area (Å²) in [5.74, 6) is 1.73. The zero-order valence-electron chi connectivity index (χ0n) is 17.5. The van der Waals surface area contributed by atoms with Gasteiger partial charge in [-0.2, -0.15) is 0 Å². The van der Waals surface area contributed by atoms with Crippen LogP contribution in [0.5, 0.6) is 0 Å². The molecule has 0 saturated carbocycles. The van der Waals surface area contributed by atoms with Crippen molar-refractivity contribution in [3.63, 3.8) is 0 Å². The van der Waals surface area contributed by atoms with Crippen LogP contribution in [0, 0.1) is 12.8 Å². The third-order valence-corrected chi connectivity index (χ3v) is 6.15. The Morgan fingerprint density at radius 2 is 2.06 bits per heavy atom. The normalized spacial score (nSPS) is 19.0. The van der Waals surface area contributed by atoms with Crippen LogP contribution in [0.1, 0.15) is 23.6 Å². The standard InChI is InChI=1S/C22H26N6O.2ClH/c1-15-11-23-5-4-19(15)25-6-8-27-9-7-26-21(27)18-2-3-20-17-10-16(12-24-13-17)14-28(20)22(18)29;;/h2-5,7,9,11,16-17,24H,6,8,10,12-14H2,1H3,(H,23,25);2*1H/t16-,17+;;/m0../s1. The van der Waals surface area contributed by atoms with Gasteiger partial charge in [-0.15, -0.1) is 24.8 Å². The maximum Gasteiger partial charge on any atom is 0.261 e. The second-order valence-corrected chi connectivity index (χ2v) is 8.11. The SMILES string of the molecule is Cc1cnccc1NCCn1ccnc1-c1ccc2n(c1=O)C[C@@H]1CNC[C@H]2C1.Cl.Cl. The first-order valence-electron chi connectivity index (χ1n) is 10.3.